The van der Waals surface area contributed by atoms with Gasteiger partial charge in [0.15, 0.2) is 0 Å². The lowest BCUT2D eigenvalue weighted by Crippen LogP contribution is -2.08. The Labute approximate surface area is 200 Å². The SMILES string of the molecule is C=C(C)C(=O)Oc1ccc(-c2ccc(OC(=O)C(=C)C)cc2OC=C(C)C)c(OC=C(C)C)c1. The van der Waals surface area contributed by atoms with Gasteiger partial charge in [0, 0.05) is 34.4 Å². The minimum absolute atomic E-state index is 0.285. The molecule has 6 nitrogen and oxygen atoms in total. The molecule has 0 aromatic heterocycles. The van der Waals surface area contributed by atoms with E-state index in [1.165, 1.54) is 0 Å². The predicted octanol–water partition coefficient (Wildman–Crippen LogP) is 6.92. The van der Waals surface area contributed by atoms with Gasteiger partial charge in [-0.25, -0.2) is 9.59 Å². The third kappa shape index (κ3) is 7.52. The highest BCUT2D eigenvalue weighted by Gasteiger charge is 2.17. The number of carbonyl (C=O) groups is 2. The molecule has 0 atom stereocenters. The summed E-state index contributed by atoms with van der Waals surface area (Å²) in [5.74, 6) is 0.457. The van der Waals surface area contributed by atoms with Gasteiger partial charge < -0.3 is 18.9 Å². The molecule has 0 saturated carbocycles. The standard InChI is InChI=1S/C28H30O6/c1-17(2)15-31-25-13-21(33-27(29)19(5)6)9-11-23(25)24-12-10-22(34-28(30)20(7)8)14-26(24)32-16-18(3)4/h9-16H,5,7H2,1-4,6,8H3. The highest BCUT2D eigenvalue weighted by Crippen LogP contribution is 2.41. The maximum absolute atomic E-state index is 12.0. The van der Waals surface area contributed by atoms with Gasteiger partial charge in [-0.3, -0.25) is 0 Å². The van der Waals surface area contributed by atoms with Crippen molar-refractivity contribution in [3.63, 3.8) is 0 Å². The van der Waals surface area contributed by atoms with Crippen LogP contribution in [0.2, 0.25) is 0 Å². The molecule has 0 aliphatic carbocycles. The van der Waals surface area contributed by atoms with Gasteiger partial charge in [0.1, 0.15) is 23.0 Å². The Balaban J connectivity index is 2.60. The van der Waals surface area contributed by atoms with Crippen molar-refractivity contribution in [3.05, 3.63) is 84.4 Å². The monoisotopic (exact) mass is 462 g/mol. The molecule has 2 aromatic carbocycles. The molecule has 0 aliphatic heterocycles. The fourth-order valence-electron chi connectivity index (χ4n) is 2.52. The number of hydrogen-bond donors (Lipinski definition) is 0. The molecular weight excluding hydrogens is 432 g/mol. The normalized spacial score (nSPS) is 9.94. The van der Waals surface area contributed by atoms with E-state index in [2.05, 4.69) is 13.2 Å². The molecule has 2 aromatic rings. The van der Waals surface area contributed by atoms with Crippen LogP contribution in [0.5, 0.6) is 23.0 Å². The first-order chi connectivity index (χ1) is 16.0. The first-order valence-electron chi connectivity index (χ1n) is 10.6. The van der Waals surface area contributed by atoms with Crippen LogP contribution in [0.1, 0.15) is 41.5 Å². The van der Waals surface area contributed by atoms with Crippen LogP contribution in [0.3, 0.4) is 0 Å². The van der Waals surface area contributed by atoms with E-state index >= 15 is 0 Å². The zero-order valence-electron chi connectivity index (χ0n) is 20.5. The molecule has 34 heavy (non-hydrogen) atoms. The van der Waals surface area contributed by atoms with E-state index in [1.807, 2.05) is 27.7 Å². The maximum Gasteiger partial charge on any atom is 0.338 e. The van der Waals surface area contributed by atoms with Crippen LogP contribution in [0.25, 0.3) is 11.1 Å². The van der Waals surface area contributed by atoms with E-state index in [4.69, 9.17) is 18.9 Å². The second-order valence-corrected chi connectivity index (χ2v) is 8.28. The number of hydrogen-bond acceptors (Lipinski definition) is 6. The Bertz CT molecular complexity index is 1080. The van der Waals surface area contributed by atoms with Crippen molar-refractivity contribution < 1.29 is 28.5 Å². The second kappa shape index (κ2) is 11.7. The Hall–Kier alpha value is -4.06. The summed E-state index contributed by atoms with van der Waals surface area (Å²) < 4.78 is 22.5. The summed E-state index contributed by atoms with van der Waals surface area (Å²) in [7, 11) is 0. The molecular formula is C28H30O6. The first-order valence-corrected chi connectivity index (χ1v) is 10.6. The van der Waals surface area contributed by atoms with E-state index in [1.54, 1.807) is 62.8 Å². The van der Waals surface area contributed by atoms with Crippen LogP contribution in [-0.4, -0.2) is 11.9 Å². The summed E-state index contributed by atoms with van der Waals surface area (Å²) >= 11 is 0. The molecule has 178 valence electrons. The van der Waals surface area contributed by atoms with Crippen LogP contribution < -0.4 is 18.9 Å². The molecule has 0 saturated heterocycles. The van der Waals surface area contributed by atoms with Crippen LogP contribution in [0.15, 0.2) is 84.4 Å². The predicted molar refractivity (Wildman–Crippen MR) is 133 cm³/mol. The average molecular weight is 463 g/mol. The van der Waals surface area contributed by atoms with Crippen LogP contribution in [0, 0.1) is 0 Å². The molecule has 0 fully saturated rings. The Morgan fingerprint density at radius 2 is 1.00 bits per heavy atom. The number of carbonyl (C=O) groups excluding carboxylic acids is 2. The van der Waals surface area contributed by atoms with Crippen LogP contribution in [-0.2, 0) is 9.59 Å². The molecule has 0 radical (unpaired) electrons. The molecule has 2 rings (SSSR count). The van der Waals surface area contributed by atoms with Crippen molar-refractivity contribution in [3.8, 4) is 34.1 Å². The smallest absolute Gasteiger partial charge is 0.338 e. The Kier molecular flexibility index (Phi) is 9.01. The quantitative estimate of drug-likeness (QED) is 0.174. The van der Waals surface area contributed by atoms with E-state index in [0.717, 1.165) is 11.1 Å². The van der Waals surface area contributed by atoms with Gasteiger partial charge in [0.2, 0.25) is 0 Å². The largest absolute Gasteiger partial charge is 0.464 e. The van der Waals surface area contributed by atoms with Crippen molar-refractivity contribution in [2.24, 2.45) is 0 Å². The number of esters is 2. The summed E-state index contributed by atoms with van der Waals surface area (Å²) in [5, 5.41) is 0. The summed E-state index contributed by atoms with van der Waals surface area (Å²) in [4.78, 5) is 23.9. The lowest BCUT2D eigenvalue weighted by atomic mass is 10.0. The summed E-state index contributed by atoms with van der Waals surface area (Å²) in [6, 6.07) is 10.1. The molecule has 0 heterocycles. The zero-order chi connectivity index (χ0) is 25.4. The lowest BCUT2D eigenvalue weighted by Gasteiger charge is -2.16. The van der Waals surface area contributed by atoms with Gasteiger partial charge in [0.25, 0.3) is 0 Å². The van der Waals surface area contributed by atoms with Gasteiger partial charge in [-0.1, -0.05) is 13.2 Å². The molecule has 0 amide bonds. The van der Waals surface area contributed by atoms with Crippen molar-refractivity contribution in [2.75, 3.05) is 0 Å². The first kappa shape index (κ1) is 26.2. The highest BCUT2D eigenvalue weighted by atomic mass is 16.5. The maximum atomic E-state index is 12.0. The summed E-state index contributed by atoms with van der Waals surface area (Å²) in [5.41, 5.74) is 3.82. The van der Waals surface area contributed by atoms with Gasteiger partial charge in [-0.2, -0.15) is 0 Å². The number of benzene rings is 2. The van der Waals surface area contributed by atoms with Crippen molar-refractivity contribution in [2.45, 2.75) is 41.5 Å². The van der Waals surface area contributed by atoms with Crippen LogP contribution in [0.4, 0.5) is 0 Å². The number of allylic oxidation sites excluding steroid dienone is 2. The lowest BCUT2D eigenvalue weighted by molar-refractivity contribution is -0.130. The zero-order valence-corrected chi connectivity index (χ0v) is 20.5. The molecule has 0 N–H and O–H groups in total. The fourth-order valence-corrected chi connectivity index (χ4v) is 2.52. The van der Waals surface area contributed by atoms with Gasteiger partial charge in [0.05, 0.1) is 12.5 Å². The highest BCUT2D eigenvalue weighted by molar-refractivity contribution is 5.90. The van der Waals surface area contributed by atoms with E-state index in [-0.39, 0.29) is 11.1 Å². The summed E-state index contributed by atoms with van der Waals surface area (Å²) in [6.07, 6.45) is 3.20. The van der Waals surface area contributed by atoms with E-state index in [0.29, 0.717) is 34.1 Å². The van der Waals surface area contributed by atoms with Gasteiger partial charge in [-0.05, 0) is 77.0 Å². The third-order valence-corrected chi connectivity index (χ3v) is 4.16. The molecule has 6 heteroatoms. The van der Waals surface area contributed by atoms with Gasteiger partial charge in [-0.15, -0.1) is 0 Å². The Morgan fingerprint density at radius 1 is 0.647 bits per heavy atom. The van der Waals surface area contributed by atoms with E-state index in [9.17, 15) is 9.59 Å². The topological polar surface area (TPSA) is 71.1 Å². The molecule has 0 spiro atoms. The Morgan fingerprint density at radius 3 is 1.29 bits per heavy atom. The van der Waals surface area contributed by atoms with Crippen molar-refractivity contribution >= 4 is 11.9 Å². The van der Waals surface area contributed by atoms with E-state index < -0.39 is 11.9 Å². The summed E-state index contributed by atoms with van der Waals surface area (Å²) in [6.45, 7) is 18.0. The average Bonchev–Trinajstić information content (AvgIpc) is 2.76. The van der Waals surface area contributed by atoms with Crippen LogP contribution >= 0.6 is 0 Å². The minimum atomic E-state index is -0.530. The van der Waals surface area contributed by atoms with Gasteiger partial charge >= 0.3 is 11.9 Å². The van der Waals surface area contributed by atoms with Crippen molar-refractivity contribution in [1.82, 2.24) is 0 Å². The van der Waals surface area contributed by atoms with Crippen molar-refractivity contribution in [1.29, 1.82) is 0 Å². The molecule has 0 aliphatic rings. The molecule has 0 bridgehead atoms. The third-order valence-electron chi connectivity index (χ3n) is 4.16. The molecule has 0 unspecified atom stereocenters. The fraction of sp³-hybridized carbons (Fsp3) is 0.214. The minimum Gasteiger partial charge on any atom is -0.464 e. The number of ether oxygens (including phenoxy) is 4. The number of rotatable bonds is 9. The second-order valence-electron chi connectivity index (χ2n) is 8.28.